The van der Waals surface area contributed by atoms with Crippen molar-refractivity contribution in [3.05, 3.63) is 34.3 Å². The summed E-state index contributed by atoms with van der Waals surface area (Å²) < 4.78 is 1.09. The predicted octanol–water partition coefficient (Wildman–Crippen LogP) is 2.92. The zero-order valence-electron chi connectivity index (χ0n) is 11.7. The molecule has 2 N–H and O–H groups in total. The SMILES string of the molecule is CCC(Cc1ccccc1Br)C(=O)NC1CCNC1.Cl. The Kier molecular flexibility index (Phi) is 7.56. The van der Waals surface area contributed by atoms with Gasteiger partial charge in [0.25, 0.3) is 0 Å². The number of hydrogen-bond donors (Lipinski definition) is 2. The van der Waals surface area contributed by atoms with E-state index in [2.05, 4.69) is 39.6 Å². The van der Waals surface area contributed by atoms with Gasteiger partial charge in [-0.25, -0.2) is 0 Å². The number of carbonyl (C=O) groups excluding carboxylic acids is 1. The summed E-state index contributed by atoms with van der Waals surface area (Å²) in [5, 5.41) is 6.42. The average molecular weight is 362 g/mol. The van der Waals surface area contributed by atoms with Crippen molar-refractivity contribution < 1.29 is 4.79 Å². The third kappa shape index (κ3) is 4.76. The fourth-order valence-electron chi connectivity index (χ4n) is 2.45. The van der Waals surface area contributed by atoms with Crippen molar-refractivity contribution >= 4 is 34.2 Å². The van der Waals surface area contributed by atoms with E-state index in [1.54, 1.807) is 0 Å². The van der Waals surface area contributed by atoms with Crippen molar-refractivity contribution in [3.63, 3.8) is 0 Å². The molecule has 2 unspecified atom stereocenters. The molecule has 1 aromatic carbocycles. The molecule has 0 saturated carbocycles. The summed E-state index contributed by atoms with van der Waals surface area (Å²) in [6.45, 7) is 3.98. The minimum absolute atomic E-state index is 0. The maximum absolute atomic E-state index is 12.3. The third-order valence-corrected chi connectivity index (χ3v) is 4.47. The molecular weight excluding hydrogens is 340 g/mol. The molecule has 2 atom stereocenters. The van der Waals surface area contributed by atoms with Gasteiger partial charge in [0, 0.05) is 23.0 Å². The first kappa shape index (κ1) is 17.5. The Morgan fingerprint density at radius 1 is 1.50 bits per heavy atom. The summed E-state index contributed by atoms with van der Waals surface area (Å²) in [5.74, 6) is 0.242. The molecule has 0 radical (unpaired) electrons. The van der Waals surface area contributed by atoms with Gasteiger partial charge in [0.05, 0.1) is 0 Å². The molecule has 1 amide bonds. The molecule has 0 aliphatic carbocycles. The van der Waals surface area contributed by atoms with Crippen molar-refractivity contribution in [2.24, 2.45) is 5.92 Å². The van der Waals surface area contributed by atoms with Crippen LogP contribution >= 0.6 is 28.3 Å². The number of halogens is 2. The molecule has 0 spiro atoms. The topological polar surface area (TPSA) is 41.1 Å². The second kappa shape index (κ2) is 8.65. The predicted molar refractivity (Wildman–Crippen MR) is 88.3 cm³/mol. The van der Waals surface area contributed by atoms with Gasteiger partial charge in [0.1, 0.15) is 0 Å². The minimum atomic E-state index is 0. The van der Waals surface area contributed by atoms with E-state index in [0.717, 1.165) is 36.8 Å². The minimum Gasteiger partial charge on any atom is -0.352 e. The van der Waals surface area contributed by atoms with Crippen molar-refractivity contribution in [1.82, 2.24) is 10.6 Å². The summed E-state index contributed by atoms with van der Waals surface area (Å²) in [6, 6.07) is 8.43. The Morgan fingerprint density at radius 2 is 2.25 bits per heavy atom. The molecule has 1 aliphatic heterocycles. The molecule has 0 aromatic heterocycles. The zero-order valence-corrected chi connectivity index (χ0v) is 14.1. The molecule has 2 rings (SSSR count). The van der Waals surface area contributed by atoms with Gasteiger partial charge in [0.15, 0.2) is 0 Å². The lowest BCUT2D eigenvalue weighted by Crippen LogP contribution is -2.40. The molecule has 1 fully saturated rings. The number of rotatable bonds is 5. The van der Waals surface area contributed by atoms with E-state index in [0.29, 0.717) is 6.04 Å². The Morgan fingerprint density at radius 3 is 2.85 bits per heavy atom. The lowest BCUT2D eigenvalue weighted by molar-refractivity contribution is -0.125. The largest absolute Gasteiger partial charge is 0.352 e. The molecule has 0 bridgehead atoms. The maximum atomic E-state index is 12.3. The van der Waals surface area contributed by atoms with Crippen LogP contribution in [0, 0.1) is 5.92 Å². The van der Waals surface area contributed by atoms with Gasteiger partial charge in [-0.2, -0.15) is 0 Å². The molecule has 3 nitrogen and oxygen atoms in total. The first-order valence-electron chi connectivity index (χ1n) is 6.95. The monoisotopic (exact) mass is 360 g/mol. The quantitative estimate of drug-likeness (QED) is 0.846. The van der Waals surface area contributed by atoms with E-state index in [9.17, 15) is 4.79 Å². The van der Waals surface area contributed by atoms with Crippen LogP contribution in [-0.2, 0) is 11.2 Å². The maximum Gasteiger partial charge on any atom is 0.223 e. The second-order valence-corrected chi connectivity index (χ2v) is 5.95. The summed E-state index contributed by atoms with van der Waals surface area (Å²) >= 11 is 3.55. The van der Waals surface area contributed by atoms with Gasteiger partial charge < -0.3 is 10.6 Å². The molecule has 1 heterocycles. The van der Waals surface area contributed by atoms with E-state index >= 15 is 0 Å². The van der Waals surface area contributed by atoms with Crippen LogP contribution in [0.1, 0.15) is 25.3 Å². The summed E-state index contributed by atoms with van der Waals surface area (Å²) in [7, 11) is 0. The lowest BCUT2D eigenvalue weighted by atomic mass is 9.95. The van der Waals surface area contributed by atoms with Gasteiger partial charge in [-0.05, 0) is 37.4 Å². The van der Waals surface area contributed by atoms with Crippen LogP contribution in [0.2, 0.25) is 0 Å². The van der Waals surface area contributed by atoms with E-state index in [4.69, 9.17) is 0 Å². The highest BCUT2D eigenvalue weighted by Gasteiger charge is 2.22. The fraction of sp³-hybridized carbons (Fsp3) is 0.533. The summed E-state index contributed by atoms with van der Waals surface area (Å²) in [5.41, 5.74) is 1.20. The lowest BCUT2D eigenvalue weighted by Gasteiger charge is -2.19. The molecule has 5 heteroatoms. The second-order valence-electron chi connectivity index (χ2n) is 5.10. The fourth-order valence-corrected chi connectivity index (χ4v) is 2.90. The van der Waals surface area contributed by atoms with Crippen molar-refractivity contribution in [2.75, 3.05) is 13.1 Å². The third-order valence-electron chi connectivity index (χ3n) is 3.69. The van der Waals surface area contributed by atoms with Crippen LogP contribution in [0.3, 0.4) is 0 Å². The van der Waals surface area contributed by atoms with Crippen LogP contribution in [-0.4, -0.2) is 25.0 Å². The van der Waals surface area contributed by atoms with E-state index < -0.39 is 0 Å². The van der Waals surface area contributed by atoms with Crippen LogP contribution in [0.5, 0.6) is 0 Å². The van der Waals surface area contributed by atoms with Crippen LogP contribution in [0.4, 0.5) is 0 Å². The van der Waals surface area contributed by atoms with Gasteiger partial charge >= 0.3 is 0 Å². The zero-order chi connectivity index (χ0) is 13.7. The van der Waals surface area contributed by atoms with E-state index in [1.165, 1.54) is 5.56 Å². The van der Waals surface area contributed by atoms with Crippen LogP contribution in [0.15, 0.2) is 28.7 Å². The van der Waals surface area contributed by atoms with Crippen molar-refractivity contribution in [3.8, 4) is 0 Å². The number of hydrogen-bond acceptors (Lipinski definition) is 2. The molecule has 1 saturated heterocycles. The Balaban J connectivity index is 0.00000200. The highest BCUT2D eigenvalue weighted by atomic mass is 79.9. The number of amides is 1. The number of nitrogens with one attached hydrogen (secondary N) is 2. The molecule has 112 valence electrons. The highest BCUT2D eigenvalue weighted by Crippen LogP contribution is 2.21. The molecule has 1 aromatic rings. The molecule has 20 heavy (non-hydrogen) atoms. The van der Waals surface area contributed by atoms with Gasteiger partial charge in [0.2, 0.25) is 5.91 Å². The average Bonchev–Trinajstić information content (AvgIpc) is 2.90. The van der Waals surface area contributed by atoms with Gasteiger partial charge in [-0.15, -0.1) is 12.4 Å². The summed E-state index contributed by atoms with van der Waals surface area (Å²) in [4.78, 5) is 12.3. The van der Waals surface area contributed by atoms with Crippen molar-refractivity contribution in [1.29, 1.82) is 0 Å². The Bertz CT molecular complexity index is 436. The Labute approximate surface area is 135 Å². The van der Waals surface area contributed by atoms with Crippen LogP contribution < -0.4 is 10.6 Å². The van der Waals surface area contributed by atoms with E-state index in [-0.39, 0.29) is 24.2 Å². The molecule has 1 aliphatic rings. The first-order chi connectivity index (χ1) is 9.20. The smallest absolute Gasteiger partial charge is 0.223 e. The normalized spacial score (nSPS) is 19.2. The van der Waals surface area contributed by atoms with Crippen molar-refractivity contribution in [2.45, 2.75) is 32.2 Å². The number of benzene rings is 1. The molecular formula is C15H22BrClN2O. The number of carbonyl (C=O) groups is 1. The summed E-state index contributed by atoms with van der Waals surface area (Å²) in [6.07, 6.45) is 2.70. The standard InChI is InChI=1S/C15H21BrN2O.ClH/c1-2-11(9-12-5-3-4-6-14(12)16)15(19)18-13-7-8-17-10-13;/h3-6,11,13,17H,2,7-10H2,1H3,(H,18,19);1H. The Hall–Kier alpha value is -0.580. The highest BCUT2D eigenvalue weighted by molar-refractivity contribution is 9.10. The van der Waals surface area contributed by atoms with Gasteiger partial charge in [-0.3, -0.25) is 4.79 Å². The first-order valence-corrected chi connectivity index (χ1v) is 7.74. The van der Waals surface area contributed by atoms with Crippen LogP contribution in [0.25, 0.3) is 0 Å². The van der Waals surface area contributed by atoms with E-state index in [1.807, 2.05) is 18.2 Å². The van der Waals surface area contributed by atoms with Gasteiger partial charge in [-0.1, -0.05) is 41.1 Å².